The fourth-order valence-electron chi connectivity index (χ4n) is 1.18. The van der Waals surface area contributed by atoms with Crippen LogP contribution >= 0.6 is 11.8 Å². The summed E-state index contributed by atoms with van der Waals surface area (Å²) in [6, 6.07) is 0. The lowest BCUT2D eigenvalue weighted by molar-refractivity contribution is -0.137. The molecule has 2 atom stereocenters. The Morgan fingerprint density at radius 1 is 1.31 bits per heavy atom. The lowest BCUT2D eigenvalue weighted by atomic mass is 10.1. The van der Waals surface area contributed by atoms with Crippen LogP contribution in [-0.2, 0) is 9.59 Å². The van der Waals surface area contributed by atoms with E-state index in [1.807, 2.05) is 27.7 Å². The van der Waals surface area contributed by atoms with Gasteiger partial charge in [0.05, 0.1) is 11.7 Å². The van der Waals surface area contributed by atoms with Gasteiger partial charge < -0.3 is 10.4 Å². The van der Waals surface area contributed by atoms with Crippen LogP contribution < -0.4 is 5.32 Å². The van der Waals surface area contributed by atoms with Crippen LogP contribution in [0.4, 0.5) is 0 Å². The number of carbonyl (C=O) groups is 2. The number of rotatable bonds is 5. The van der Waals surface area contributed by atoms with E-state index in [4.69, 9.17) is 5.11 Å². The van der Waals surface area contributed by atoms with Gasteiger partial charge in [-0.25, -0.2) is 0 Å². The van der Waals surface area contributed by atoms with Gasteiger partial charge in [0.25, 0.3) is 0 Å². The van der Waals surface area contributed by atoms with E-state index in [0.717, 1.165) is 0 Å². The lowest BCUT2D eigenvalue weighted by Gasteiger charge is -2.24. The Hall–Kier alpha value is -0.710. The highest BCUT2D eigenvalue weighted by Gasteiger charge is 2.22. The average Bonchev–Trinajstić information content (AvgIpc) is 1.98. The molecule has 0 aromatic heterocycles. The number of hydrogen-bond donors (Lipinski definition) is 2. The Bertz CT molecular complexity index is 260. The van der Waals surface area contributed by atoms with Crippen molar-refractivity contribution in [2.24, 2.45) is 0 Å². The zero-order valence-corrected chi connectivity index (χ0v) is 11.4. The molecule has 0 aromatic rings. The third-order valence-electron chi connectivity index (χ3n) is 1.77. The van der Waals surface area contributed by atoms with Crippen molar-refractivity contribution in [3.05, 3.63) is 0 Å². The molecule has 0 radical (unpaired) electrons. The van der Waals surface area contributed by atoms with E-state index >= 15 is 0 Å². The predicted octanol–water partition coefficient (Wildman–Crippen LogP) is 1.89. The molecule has 0 saturated carbocycles. The van der Waals surface area contributed by atoms with Crippen LogP contribution in [0.1, 0.15) is 41.0 Å². The molecule has 4 nitrogen and oxygen atoms in total. The van der Waals surface area contributed by atoms with Gasteiger partial charge in [-0.1, -0.05) is 6.92 Å². The Labute approximate surface area is 101 Å². The molecular formula is C11H21NO3S. The van der Waals surface area contributed by atoms with E-state index < -0.39 is 5.97 Å². The summed E-state index contributed by atoms with van der Waals surface area (Å²) in [6.45, 7) is 9.37. The van der Waals surface area contributed by atoms with E-state index in [1.54, 1.807) is 6.92 Å². The van der Waals surface area contributed by atoms with Gasteiger partial charge >= 0.3 is 5.97 Å². The monoisotopic (exact) mass is 247 g/mol. The molecule has 0 aromatic carbocycles. The summed E-state index contributed by atoms with van der Waals surface area (Å²) in [4.78, 5) is 22.2. The standard InChI is InChI=1S/C11H21NO3S/c1-7(6-9(13)14)16-8(2)10(15)12-11(3,4)5/h7-8H,6H2,1-5H3,(H,12,15)(H,13,14). The predicted molar refractivity (Wildman–Crippen MR) is 66.7 cm³/mol. The van der Waals surface area contributed by atoms with Gasteiger partial charge in [-0.15, -0.1) is 11.8 Å². The van der Waals surface area contributed by atoms with Gasteiger partial charge in [-0.3, -0.25) is 9.59 Å². The van der Waals surface area contributed by atoms with Crippen LogP contribution in [0.5, 0.6) is 0 Å². The fraction of sp³-hybridized carbons (Fsp3) is 0.818. The molecule has 0 saturated heterocycles. The highest BCUT2D eigenvalue weighted by Crippen LogP contribution is 2.20. The summed E-state index contributed by atoms with van der Waals surface area (Å²) in [5, 5.41) is 11.2. The van der Waals surface area contributed by atoms with E-state index in [9.17, 15) is 9.59 Å². The minimum absolute atomic E-state index is 0.0465. The third kappa shape index (κ3) is 7.56. The topological polar surface area (TPSA) is 66.4 Å². The van der Waals surface area contributed by atoms with Crippen LogP contribution in [0.3, 0.4) is 0 Å². The van der Waals surface area contributed by atoms with Crippen LogP contribution in [0, 0.1) is 0 Å². The molecule has 16 heavy (non-hydrogen) atoms. The number of thioether (sulfide) groups is 1. The summed E-state index contributed by atoms with van der Waals surface area (Å²) in [7, 11) is 0. The Morgan fingerprint density at radius 3 is 2.19 bits per heavy atom. The summed E-state index contributed by atoms with van der Waals surface area (Å²) in [6.07, 6.45) is 0.0812. The number of nitrogens with one attached hydrogen (secondary N) is 1. The fourth-order valence-corrected chi connectivity index (χ4v) is 2.29. The lowest BCUT2D eigenvalue weighted by Crippen LogP contribution is -2.44. The van der Waals surface area contributed by atoms with Crippen molar-refractivity contribution in [2.45, 2.75) is 57.1 Å². The molecule has 0 aliphatic heterocycles. The quantitative estimate of drug-likeness (QED) is 0.778. The molecule has 1 amide bonds. The maximum absolute atomic E-state index is 11.7. The summed E-state index contributed by atoms with van der Waals surface area (Å²) in [5.74, 6) is -0.877. The molecule has 0 aliphatic carbocycles. The van der Waals surface area contributed by atoms with Crippen molar-refractivity contribution < 1.29 is 14.7 Å². The van der Waals surface area contributed by atoms with Crippen molar-refractivity contribution >= 4 is 23.6 Å². The van der Waals surface area contributed by atoms with E-state index in [-0.39, 0.29) is 28.4 Å². The second kappa shape index (κ2) is 6.13. The summed E-state index contributed by atoms with van der Waals surface area (Å²) in [5.41, 5.74) is -0.248. The smallest absolute Gasteiger partial charge is 0.304 e. The number of aliphatic carboxylic acids is 1. The van der Waals surface area contributed by atoms with Crippen LogP contribution in [0.15, 0.2) is 0 Å². The van der Waals surface area contributed by atoms with Gasteiger partial charge in [-0.2, -0.15) is 0 Å². The Kier molecular flexibility index (Phi) is 5.86. The van der Waals surface area contributed by atoms with Crippen LogP contribution in [0.2, 0.25) is 0 Å². The van der Waals surface area contributed by atoms with Gasteiger partial charge in [0.1, 0.15) is 0 Å². The minimum atomic E-state index is -0.830. The van der Waals surface area contributed by atoms with Crippen molar-refractivity contribution in [1.29, 1.82) is 0 Å². The van der Waals surface area contributed by atoms with Gasteiger partial charge in [-0.05, 0) is 27.7 Å². The van der Waals surface area contributed by atoms with E-state index in [1.165, 1.54) is 11.8 Å². The molecule has 5 heteroatoms. The van der Waals surface area contributed by atoms with Crippen molar-refractivity contribution in [2.75, 3.05) is 0 Å². The molecule has 0 heterocycles. The van der Waals surface area contributed by atoms with Crippen molar-refractivity contribution in [3.8, 4) is 0 Å². The molecular weight excluding hydrogens is 226 g/mol. The van der Waals surface area contributed by atoms with Crippen LogP contribution in [0.25, 0.3) is 0 Å². The minimum Gasteiger partial charge on any atom is -0.481 e. The number of carboxylic acids is 1. The highest BCUT2D eigenvalue weighted by molar-refractivity contribution is 8.01. The molecule has 94 valence electrons. The van der Waals surface area contributed by atoms with Gasteiger partial charge in [0.15, 0.2) is 0 Å². The number of carbonyl (C=O) groups excluding carboxylic acids is 1. The normalized spacial score (nSPS) is 15.3. The van der Waals surface area contributed by atoms with Gasteiger partial charge in [0.2, 0.25) is 5.91 Å². The summed E-state index contributed by atoms with van der Waals surface area (Å²) >= 11 is 1.38. The zero-order chi connectivity index (χ0) is 12.9. The number of amides is 1. The van der Waals surface area contributed by atoms with E-state index in [2.05, 4.69) is 5.32 Å². The first-order chi connectivity index (χ1) is 7.11. The molecule has 0 rings (SSSR count). The first-order valence-electron chi connectivity index (χ1n) is 5.31. The van der Waals surface area contributed by atoms with Gasteiger partial charge in [0, 0.05) is 10.8 Å². The summed E-state index contributed by atoms with van der Waals surface area (Å²) < 4.78 is 0. The van der Waals surface area contributed by atoms with Crippen LogP contribution in [-0.4, -0.2) is 33.0 Å². The molecule has 2 N–H and O–H groups in total. The average molecular weight is 247 g/mol. The molecule has 0 bridgehead atoms. The zero-order valence-electron chi connectivity index (χ0n) is 10.5. The SMILES string of the molecule is CC(CC(=O)O)SC(C)C(=O)NC(C)(C)C. The molecule has 0 fully saturated rings. The third-order valence-corrected chi connectivity index (χ3v) is 3.02. The van der Waals surface area contributed by atoms with E-state index in [0.29, 0.717) is 0 Å². The first-order valence-corrected chi connectivity index (χ1v) is 6.25. The maximum Gasteiger partial charge on any atom is 0.304 e. The highest BCUT2D eigenvalue weighted by atomic mass is 32.2. The number of carboxylic acid groups (broad SMARTS) is 1. The molecule has 0 spiro atoms. The number of hydrogen-bond acceptors (Lipinski definition) is 3. The second-order valence-electron chi connectivity index (χ2n) is 4.93. The largest absolute Gasteiger partial charge is 0.481 e. The first kappa shape index (κ1) is 15.3. The Morgan fingerprint density at radius 2 is 1.81 bits per heavy atom. The second-order valence-corrected chi connectivity index (χ2v) is 6.71. The van der Waals surface area contributed by atoms with Crippen molar-refractivity contribution in [3.63, 3.8) is 0 Å². The molecule has 2 unspecified atom stereocenters. The molecule has 0 aliphatic rings. The Balaban J connectivity index is 4.10. The van der Waals surface area contributed by atoms with Crippen molar-refractivity contribution in [1.82, 2.24) is 5.32 Å². The maximum atomic E-state index is 11.7.